The van der Waals surface area contributed by atoms with Crippen LogP contribution < -0.4 is 10.0 Å². The number of carbonyl (C=O) groups is 1. The van der Waals surface area contributed by atoms with Crippen LogP contribution >= 0.6 is 11.3 Å². The Morgan fingerprint density at radius 2 is 1.80 bits per heavy atom. The summed E-state index contributed by atoms with van der Waals surface area (Å²) in [6.45, 7) is 6.82. The number of aromatic nitrogens is 2. The van der Waals surface area contributed by atoms with Crippen LogP contribution in [0.25, 0.3) is 0 Å². The van der Waals surface area contributed by atoms with E-state index in [9.17, 15) is 17.6 Å². The molecule has 10 heteroatoms. The minimum Gasteiger partial charge on any atom is -0.300 e. The molecule has 1 aromatic carbocycles. The molecule has 1 atom stereocenters. The van der Waals surface area contributed by atoms with Crippen LogP contribution in [0.5, 0.6) is 0 Å². The Balaban J connectivity index is 2.12. The van der Waals surface area contributed by atoms with Gasteiger partial charge in [-0.1, -0.05) is 44.2 Å². The summed E-state index contributed by atoms with van der Waals surface area (Å²) in [6.07, 6.45) is 0. The second-order valence-corrected chi connectivity index (χ2v) is 9.34. The molecule has 0 radical (unpaired) electrons. The van der Waals surface area contributed by atoms with Gasteiger partial charge in [0.05, 0.1) is 0 Å². The van der Waals surface area contributed by atoms with E-state index in [0.29, 0.717) is 5.56 Å². The third-order valence-corrected chi connectivity index (χ3v) is 5.99. The Morgan fingerprint density at radius 1 is 1.20 bits per heavy atom. The molecule has 136 valence electrons. The van der Waals surface area contributed by atoms with Crippen LogP contribution in [0.15, 0.2) is 28.6 Å². The fraction of sp³-hybridized carbons (Fsp3) is 0.400. The van der Waals surface area contributed by atoms with Crippen molar-refractivity contribution in [3.05, 3.63) is 35.6 Å². The third-order valence-electron chi connectivity index (χ3n) is 3.24. The van der Waals surface area contributed by atoms with Gasteiger partial charge in [-0.2, -0.15) is 0 Å². The quantitative estimate of drug-likeness (QED) is 0.770. The minimum atomic E-state index is -3.92. The molecule has 25 heavy (non-hydrogen) atoms. The summed E-state index contributed by atoms with van der Waals surface area (Å²) in [5, 5.41) is 9.97. The van der Waals surface area contributed by atoms with Gasteiger partial charge in [-0.25, -0.2) is 17.5 Å². The van der Waals surface area contributed by atoms with Crippen molar-refractivity contribution >= 4 is 32.4 Å². The molecular weight excluding hydrogens is 367 g/mol. The Hall–Kier alpha value is -1.91. The van der Waals surface area contributed by atoms with Crippen LogP contribution in [0.1, 0.15) is 39.3 Å². The number of nitrogens with zero attached hydrogens (tertiary/aromatic N) is 2. The summed E-state index contributed by atoms with van der Waals surface area (Å²) < 4.78 is 39.9. The first-order valence-electron chi connectivity index (χ1n) is 7.42. The maximum Gasteiger partial charge on any atom is 0.270 e. The monoisotopic (exact) mass is 386 g/mol. The number of halogens is 1. The highest BCUT2D eigenvalue weighted by Crippen LogP contribution is 2.24. The molecule has 0 aliphatic rings. The summed E-state index contributed by atoms with van der Waals surface area (Å²) >= 11 is 0.759. The van der Waals surface area contributed by atoms with Gasteiger partial charge in [0.1, 0.15) is 5.82 Å². The van der Waals surface area contributed by atoms with Gasteiger partial charge in [0, 0.05) is 11.5 Å². The first kappa shape index (κ1) is 19.4. The largest absolute Gasteiger partial charge is 0.300 e. The van der Waals surface area contributed by atoms with Gasteiger partial charge in [-0.15, -0.1) is 10.2 Å². The van der Waals surface area contributed by atoms with Gasteiger partial charge < -0.3 is 5.32 Å². The molecule has 0 spiro atoms. The zero-order valence-electron chi connectivity index (χ0n) is 14.2. The smallest absolute Gasteiger partial charge is 0.270 e. The molecule has 0 bridgehead atoms. The Bertz CT molecular complexity index is 858. The van der Waals surface area contributed by atoms with E-state index in [-0.39, 0.29) is 15.4 Å². The molecule has 0 aliphatic heterocycles. The second-order valence-electron chi connectivity index (χ2n) is 6.47. The van der Waals surface area contributed by atoms with Gasteiger partial charge in [0.2, 0.25) is 15.4 Å². The maximum absolute atomic E-state index is 13.0. The van der Waals surface area contributed by atoms with E-state index in [1.54, 1.807) is 27.7 Å². The molecule has 0 saturated heterocycles. The van der Waals surface area contributed by atoms with E-state index in [4.69, 9.17) is 0 Å². The average molecular weight is 386 g/mol. The lowest BCUT2D eigenvalue weighted by Crippen LogP contribution is -2.27. The molecule has 2 aromatic rings. The van der Waals surface area contributed by atoms with E-state index in [2.05, 4.69) is 20.2 Å². The van der Waals surface area contributed by atoms with E-state index in [0.717, 1.165) is 11.3 Å². The number of sulfonamides is 1. The second kappa shape index (κ2) is 7.14. The lowest BCUT2D eigenvalue weighted by molar-refractivity contribution is -0.123. The standard InChI is InChI=1S/C15H19FN4O3S2/c1-9(10-5-7-11(16)8-6-10)20-25(22,23)14-19-18-13(24-14)17-12(21)15(2,3)4/h5-9,20H,1-4H3,(H,17,18,21). The number of amides is 1. The highest BCUT2D eigenvalue weighted by molar-refractivity contribution is 7.91. The summed E-state index contributed by atoms with van der Waals surface area (Å²) in [7, 11) is -3.92. The van der Waals surface area contributed by atoms with Crippen LogP contribution in [-0.4, -0.2) is 24.5 Å². The predicted molar refractivity (Wildman–Crippen MR) is 93.1 cm³/mol. The van der Waals surface area contributed by atoms with Crippen LogP contribution in [0.4, 0.5) is 9.52 Å². The minimum absolute atomic E-state index is 0.106. The maximum atomic E-state index is 13.0. The number of carbonyl (C=O) groups excluding carboxylic acids is 1. The zero-order chi connectivity index (χ0) is 18.8. The van der Waals surface area contributed by atoms with Crippen LogP contribution in [0, 0.1) is 11.2 Å². The highest BCUT2D eigenvalue weighted by Gasteiger charge is 2.26. The van der Waals surface area contributed by atoms with Crippen molar-refractivity contribution in [2.45, 2.75) is 38.1 Å². The molecule has 1 unspecified atom stereocenters. The summed E-state index contributed by atoms with van der Waals surface area (Å²) in [5.74, 6) is -0.692. The van der Waals surface area contributed by atoms with Crippen molar-refractivity contribution in [1.29, 1.82) is 0 Å². The highest BCUT2D eigenvalue weighted by atomic mass is 32.2. The Kier molecular flexibility index (Phi) is 5.55. The van der Waals surface area contributed by atoms with Gasteiger partial charge in [-0.3, -0.25) is 4.79 Å². The SMILES string of the molecule is CC(NS(=O)(=O)c1nnc(NC(=O)C(C)(C)C)s1)c1ccc(F)cc1. The van der Waals surface area contributed by atoms with Crippen LogP contribution in [-0.2, 0) is 14.8 Å². The zero-order valence-corrected chi connectivity index (χ0v) is 15.8. The molecule has 1 aromatic heterocycles. The van der Waals surface area contributed by atoms with Gasteiger partial charge in [-0.05, 0) is 24.6 Å². The van der Waals surface area contributed by atoms with Crippen molar-refractivity contribution in [1.82, 2.24) is 14.9 Å². The number of rotatable bonds is 5. The van der Waals surface area contributed by atoms with E-state index in [1.807, 2.05) is 0 Å². The van der Waals surface area contributed by atoms with E-state index < -0.39 is 27.3 Å². The molecular formula is C15H19FN4O3S2. The normalized spacial score (nSPS) is 13.5. The molecule has 0 saturated carbocycles. The van der Waals surface area contributed by atoms with Gasteiger partial charge >= 0.3 is 0 Å². The molecule has 7 nitrogen and oxygen atoms in total. The third kappa shape index (κ3) is 5.03. The lowest BCUT2D eigenvalue weighted by atomic mass is 9.96. The molecule has 0 aliphatic carbocycles. The van der Waals surface area contributed by atoms with Crippen molar-refractivity contribution in [2.75, 3.05) is 5.32 Å². The molecule has 2 N–H and O–H groups in total. The van der Waals surface area contributed by atoms with Crippen LogP contribution in [0.3, 0.4) is 0 Å². The fourth-order valence-electron chi connectivity index (χ4n) is 1.76. The number of hydrogen-bond donors (Lipinski definition) is 2. The summed E-state index contributed by atoms with van der Waals surface area (Å²) in [5.41, 5.74) is -0.0317. The molecule has 2 rings (SSSR count). The lowest BCUT2D eigenvalue weighted by Gasteiger charge is -2.15. The van der Waals surface area contributed by atoms with Crippen molar-refractivity contribution < 1.29 is 17.6 Å². The molecule has 1 amide bonds. The molecule has 1 heterocycles. The number of hydrogen-bond acceptors (Lipinski definition) is 6. The Labute approximate surface area is 149 Å². The first-order valence-corrected chi connectivity index (χ1v) is 9.72. The summed E-state index contributed by atoms with van der Waals surface area (Å²) in [4.78, 5) is 11.9. The van der Waals surface area contributed by atoms with Crippen molar-refractivity contribution in [3.8, 4) is 0 Å². The summed E-state index contributed by atoms with van der Waals surface area (Å²) in [6, 6.07) is 4.92. The van der Waals surface area contributed by atoms with Crippen LogP contribution in [0.2, 0.25) is 0 Å². The van der Waals surface area contributed by atoms with Crippen molar-refractivity contribution in [2.24, 2.45) is 5.41 Å². The van der Waals surface area contributed by atoms with E-state index in [1.165, 1.54) is 24.3 Å². The van der Waals surface area contributed by atoms with Gasteiger partial charge in [0.25, 0.3) is 10.0 Å². The fourth-order valence-corrected chi connectivity index (χ4v) is 3.90. The van der Waals surface area contributed by atoms with Gasteiger partial charge in [0.15, 0.2) is 0 Å². The molecule has 0 fully saturated rings. The van der Waals surface area contributed by atoms with Crippen molar-refractivity contribution in [3.63, 3.8) is 0 Å². The average Bonchev–Trinajstić information content (AvgIpc) is 2.96. The Morgan fingerprint density at radius 3 is 2.36 bits per heavy atom. The number of nitrogens with one attached hydrogen (secondary N) is 2. The first-order chi connectivity index (χ1) is 11.5. The topological polar surface area (TPSA) is 101 Å². The number of anilines is 1. The predicted octanol–water partition coefficient (Wildman–Crippen LogP) is 2.70. The number of benzene rings is 1. The van der Waals surface area contributed by atoms with E-state index >= 15 is 0 Å².